The van der Waals surface area contributed by atoms with Gasteiger partial charge in [-0.05, 0) is 52.1 Å². The number of nitrogens with one attached hydrogen (secondary N) is 2. The van der Waals surface area contributed by atoms with Gasteiger partial charge in [-0.15, -0.1) is 10.2 Å². The largest absolute Gasteiger partial charge is 0.465 e. The number of hydrogen-bond acceptors (Lipinski definition) is 8. The van der Waals surface area contributed by atoms with E-state index in [1.54, 1.807) is 4.68 Å². The van der Waals surface area contributed by atoms with E-state index in [1.165, 1.54) is 0 Å². The first-order valence-electron chi connectivity index (χ1n) is 11.9. The Balaban J connectivity index is 1.82. The number of aromatic nitrogens is 6. The van der Waals surface area contributed by atoms with E-state index in [0.29, 0.717) is 71.5 Å². The van der Waals surface area contributed by atoms with Gasteiger partial charge >= 0.3 is 6.09 Å². The standard InChI is InChI=1S/C21H36N12O3/c1-21(2,3)33-16-18(27-30-33)14-31(11-6-10-25-28-22)13-17-15-32(29-26-17)12-4-7-19(34)23-8-5-9-24-20(35)36/h15-16,24H,4-14H2,1-3H3,(H,23,34)(H,35,36). The third-order valence-corrected chi connectivity index (χ3v) is 5.12. The van der Waals surface area contributed by atoms with E-state index < -0.39 is 6.09 Å². The maximum Gasteiger partial charge on any atom is 0.404 e. The lowest BCUT2D eigenvalue weighted by Crippen LogP contribution is -2.29. The van der Waals surface area contributed by atoms with Crippen molar-refractivity contribution in [3.05, 3.63) is 34.2 Å². The summed E-state index contributed by atoms with van der Waals surface area (Å²) in [5, 5.41) is 34.1. The number of aryl methyl sites for hydroxylation is 1. The quantitative estimate of drug-likeness (QED) is 0.133. The zero-order valence-corrected chi connectivity index (χ0v) is 21.2. The number of nitrogens with zero attached hydrogens (tertiary/aromatic N) is 10. The highest BCUT2D eigenvalue weighted by Crippen LogP contribution is 2.14. The third-order valence-electron chi connectivity index (χ3n) is 5.12. The molecule has 0 aromatic carbocycles. The number of hydrogen-bond donors (Lipinski definition) is 3. The first-order chi connectivity index (χ1) is 17.2. The Kier molecular flexibility index (Phi) is 11.6. The molecule has 0 saturated heterocycles. The second-order valence-electron chi connectivity index (χ2n) is 9.36. The van der Waals surface area contributed by atoms with Crippen LogP contribution in [0.4, 0.5) is 4.79 Å². The fourth-order valence-corrected chi connectivity index (χ4v) is 3.30. The molecule has 0 atom stereocenters. The molecule has 3 N–H and O–H groups in total. The summed E-state index contributed by atoms with van der Waals surface area (Å²) in [5.74, 6) is -0.0832. The number of carbonyl (C=O) groups is 2. The number of carbonyl (C=O) groups excluding carboxylic acids is 1. The predicted octanol–water partition coefficient (Wildman–Crippen LogP) is 1.88. The lowest BCUT2D eigenvalue weighted by Gasteiger charge is -2.20. The summed E-state index contributed by atoms with van der Waals surface area (Å²) >= 11 is 0. The van der Waals surface area contributed by atoms with Crippen LogP contribution in [0.15, 0.2) is 17.5 Å². The predicted molar refractivity (Wildman–Crippen MR) is 131 cm³/mol. The highest BCUT2D eigenvalue weighted by molar-refractivity contribution is 5.75. The molecule has 2 amide bonds. The second-order valence-corrected chi connectivity index (χ2v) is 9.36. The molecule has 0 saturated carbocycles. The molecule has 2 aromatic rings. The van der Waals surface area contributed by atoms with Crippen LogP contribution in [0.1, 0.15) is 57.8 Å². The van der Waals surface area contributed by atoms with E-state index in [4.69, 9.17) is 10.6 Å². The van der Waals surface area contributed by atoms with Crippen molar-refractivity contribution < 1.29 is 14.7 Å². The van der Waals surface area contributed by atoms with Gasteiger partial charge in [-0.2, -0.15) is 0 Å². The van der Waals surface area contributed by atoms with Gasteiger partial charge in [-0.25, -0.2) is 9.48 Å². The SMILES string of the molecule is CC(C)(C)n1cc(CN(CCCN=[N+]=[N-])Cc2cn(CCCC(=O)NCCCNC(=O)O)nn2)nn1. The van der Waals surface area contributed by atoms with E-state index >= 15 is 0 Å². The normalized spacial score (nSPS) is 11.3. The third kappa shape index (κ3) is 11.1. The number of azide groups is 1. The van der Waals surface area contributed by atoms with Crippen LogP contribution in [0.5, 0.6) is 0 Å². The van der Waals surface area contributed by atoms with Crippen molar-refractivity contribution in [1.29, 1.82) is 0 Å². The summed E-state index contributed by atoms with van der Waals surface area (Å²) in [6.07, 6.45) is 4.92. The summed E-state index contributed by atoms with van der Waals surface area (Å²) in [4.78, 5) is 27.3. The second kappa shape index (κ2) is 14.6. The lowest BCUT2D eigenvalue weighted by molar-refractivity contribution is -0.121. The molecule has 2 heterocycles. The highest BCUT2D eigenvalue weighted by atomic mass is 16.4. The summed E-state index contributed by atoms with van der Waals surface area (Å²) < 4.78 is 3.55. The molecule has 0 fully saturated rings. The van der Waals surface area contributed by atoms with Gasteiger partial charge in [0.25, 0.3) is 0 Å². The van der Waals surface area contributed by atoms with E-state index in [1.807, 2.05) is 17.1 Å². The molecule has 0 bridgehead atoms. The van der Waals surface area contributed by atoms with Crippen LogP contribution in [-0.4, -0.2) is 78.2 Å². The fourth-order valence-electron chi connectivity index (χ4n) is 3.30. The van der Waals surface area contributed by atoms with Crippen LogP contribution in [0.3, 0.4) is 0 Å². The molecule has 2 rings (SSSR count). The summed E-state index contributed by atoms with van der Waals surface area (Å²) in [5.41, 5.74) is 10.00. The van der Waals surface area contributed by atoms with Gasteiger partial charge < -0.3 is 15.7 Å². The summed E-state index contributed by atoms with van der Waals surface area (Å²) in [6, 6.07) is 0. The van der Waals surface area contributed by atoms with E-state index in [9.17, 15) is 9.59 Å². The Morgan fingerprint density at radius 1 is 1.08 bits per heavy atom. The molecule has 15 nitrogen and oxygen atoms in total. The Bertz CT molecular complexity index is 1010. The Morgan fingerprint density at radius 3 is 2.44 bits per heavy atom. The molecular weight excluding hydrogens is 468 g/mol. The van der Waals surface area contributed by atoms with Gasteiger partial charge in [0, 0.05) is 56.8 Å². The van der Waals surface area contributed by atoms with Crippen LogP contribution in [-0.2, 0) is 30.0 Å². The summed E-state index contributed by atoms with van der Waals surface area (Å²) in [7, 11) is 0. The molecule has 36 heavy (non-hydrogen) atoms. The molecule has 0 unspecified atom stereocenters. The molecule has 0 spiro atoms. The topological polar surface area (TPSA) is 192 Å². The van der Waals surface area contributed by atoms with Crippen molar-refractivity contribution in [2.24, 2.45) is 5.11 Å². The van der Waals surface area contributed by atoms with Gasteiger partial charge in [0.05, 0.1) is 23.1 Å². The fraction of sp³-hybridized carbons (Fsp3) is 0.714. The average molecular weight is 505 g/mol. The molecule has 198 valence electrons. The van der Waals surface area contributed by atoms with Gasteiger partial charge in [-0.3, -0.25) is 14.4 Å². The van der Waals surface area contributed by atoms with Crippen LogP contribution >= 0.6 is 0 Å². The molecule has 0 aliphatic heterocycles. The van der Waals surface area contributed by atoms with Crippen LogP contribution < -0.4 is 10.6 Å². The maximum absolute atomic E-state index is 11.9. The van der Waals surface area contributed by atoms with Crippen molar-refractivity contribution >= 4 is 12.0 Å². The zero-order chi connectivity index (χ0) is 26.4. The smallest absolute Gasteiger partial charge is 0.404 e. The van der Waals surface area contributed by atoms with Crippen LogP contribution in [0.2, 0.25) is 0 Å². The minimum Gasteiger partial charge on any atom is -0.465 e. The average Bonchev–Trinajstić information content (AvgIpc) is 3.46. The van der Waals surface area contributed by atoms with Crippen LogP contribution in [0.25, 0.3) is 10.4 Å². The first kappa shape index (κ1) is 28.5. The Morgan fingerprint density at radius 2 is 1.78 bits per heavy atom. The van der Waals surface area contributed by atoms with E-state index in [-0.39, 0.29) is 11.4 Å². The van der Waals surface area contributed by atoms with E-state index in [2.05, 4.69) is 67.0 Å². The van der Waals surface area contributed by atoms with Crippen molar-refractivity contribution in [1.82, 2.24) is 45.5 Å². The molecule has 15 heteroatoms. The van der Waals surface area contributed by atoms with Crippen LogP contribution in [0, 0.1) is 0 Å². The Labute approximate surface area is 209 Å². The van der Waals surface area contributed by atoms with Gasteiger partial charge in [0.2, 0.25) is 5.91 Å². The minimum absolute atomic E-state index is 0.0832. The molecular formula is C21H36N12O3. The zero-order valence-electron chi connectivity index (χ0n) is 21.2. The molecule has 2 aromatic heterocycles. The molecule has 0 aliphatic rings. The number of rotatable bonds is 16. The summed E-state index contributed by atoms with van der Waals surface area (Å²) in [6.45, 7) is 9.67. The number of carboxylic acid groups (broad SMARTS) is 1. The van der Waals surface area contributed by atoms with Crippen molar-refractivity contribution in [3.63, 3.8) is 0 Å². The van der Waals surface area contributed by atoms with Gasteiger partial charge in [0.15, 0.2) is 0 Å². The lowest BCUT2D eigenvalue weighted by atomic mass is 10.1. The van der Waals surface area contributed by atoms with Crippen molar-refractivity contribution in [3.8, 4) is 0 Å². The molecule has 0 radical (unpaired) electrons. The monoisotopic (exact) mass is 504 g/mol. The van der Waals surface area contributed by atoms with Gasteiger partial charge in [-0.1, -0.05) is 15.5 Å². The minimum atomic E-state index is -1.07. The van der Waals surface area contributed by atoms with Crippen molar-refractivity contribution in [2.75, 3.05) is 26.2 Å². The van der Waals surface area contributed by atoms with Gasteiger partial charge in [0.1, 0.15) is 0 Å². The van der Waals surface area contributed by atoms with E-state index in [0.717, 1.165) is 11.4 Å². The number of amides is 2. The maximum atomic E-state index is 11.9. The first-order valence-corrected chi connectivity index (χ1v) is 11.9. The van der Waals surface area contributed by atoms with Crippen molar-refractivity contribution in [2.45, 2.75) is 71.6 Å². The highest BCUT2D eigenvalue weighted by Gasteiger charge is 2.17. The Hall–Kier alpha value is -3.71. The molecule has 0 aliphatic carbocycles.